The van der Waals surface area contributed by atoms with E-state index in [1.807, 2.05) is 6.07 Å². The van der Waals surface area contributed by atoms with E-state index in [2.05, 4.69) is 0 Å². The van der Waals surface area contributed by atoms with Gasteiger partial charge in [0.15, 0.2) is 0 Å². The quantitative estimate of drug-likeness (QED) is 0.593. The molecule has 0 saturated carbocycles. The van der Waals surface area contributed by atoms with E-state index in [0.717, 1.165) is 12.8 Å². The minimum atomic E-state index is -3.52. The molecule has 5 rings (SSSR count). The Morgan fingerprint density at radius 2 is 1.46 bits per heavy atom. The fourth-order valence-electron chi connectivity index (χ4n) is 5.05. The lowest BCUT2D eigenvalue weighted by molar-refractivity contribution is -0.116. The first-order valence-electron chi connectivity index (χ1n) is 11.9. The van der Waals surface area contributed by atoms with E-state index in [9.17, 15) is 22.8 Å². The molecule has 3 saturated heterocycles. The van der Waals surface area contributed by atoms with Crippen molar-refractivity contribution in [3.05, 3.63) is 60.2 Å². The van der Waals surface area contributed by atoms with Crippen molar-refractivity contribution in [1.29, 1.82) is 0 Å². The predicted octanol–water partition coefficient (Wildman–Crippen LogP) is 2.54. The van der Waals surface area contributed by atoms with E-state index in [1.54, 1.807) is 46.2 Å². The van der Waals surface area contributed by atoms with Crippen molar-refractivity contribution in [2.45, 2.75) is 36.6 Å². The Morgan fingerprint density at radius 3 is 2.09 bits per heavy atom. The number of hydrogen-bond donors (Lipinski definition) is 0. The number of rotatable bonds is 5. The number of para-hydroxylation sites is 1. The van der Waals surface area contributed by atoms with Crippen LogP contribution in [0, 0.1) is 0 Å². The average molecular weight is 497 g/mol. The number of carbonyl (C=O) groups is 3. The summed E-state index contributed by atoms with van der Waals surface area (Å²) in [5.41, 5.74) is 0.999. The van der Waals surface area contributed by atoms with Gasteiger partial charge < -0.3 is 9.80 Å². The third-order valence-electron chi connectivity index (χ3n) is 7.00. The summed E-state index contributed by atoms with van der Waals surface area (Å²) in [6.45, 7) is 2.03. The molecule has 3 heterocycles. The highest BCUT2D eigenvalue weighted by Gasteiger charge is 2.41. The van der Waals surface area contributed by atoms with Crippen LogP contribution in [0.3, 0.4) is 0 Å². The second-order valence-electron chi connectivity index (χ2n) is 9.13. The van der Waals surface area contributed by atoms with E-state index >= 15 is 0 Å². The molecule has 9 nitrogen and oxygen atoms in total. The summed E-state index contributed by atoms with van der Waals surface area (Å²) < 4.78 is 26.9. The van der Waals surface area contributed by atoms with Crippen molar-refractivity contribution in [2.24, 2.45) is 0 Å². The minimum absolute atomic E-state index is 0.0410. The number of imide groups is 1. The molecule has 0 N–H and O–H groups in total. The number of nitrogens with zero attached hydrogens (tertiary/aromatic N) is 4. The van der Waals surface area contributed by atoms with E-state index < -0.39 is 10.0 Å². The van der Waals surface area contributed by atoms with Crippen LogP contribution in [0.25, 0.3) is 0 Å². The molecule has 35 heavy (non-hydrogen) atoms. The van der Waals surface area contributed by atoms with Gasteiger partial charge in [-0.15, -0.1) is 0 Å². The monoisotopic (exact) mass is 496 g/mol. The molecule has 2 aromatic rings. The van der Waals surface area contributed by atoms with Gasteiger partial charge in [-0.3, -0.25) is 9.59 Å². The SMILES string of the molecule is O=C(c1ccc(S(=O)(=O)N2CCCC2)cc1)N1CCC(N2CC(=O)N(c3ccccc3)C2=O)CC1. The summed E-state index contributed by atoms with van der Waals surface area (Å²) in [5, 5.41) is 0. The summed E-state index contributed by atoms with van der Waals surface area (Å²) in [6.07, 6.45) is 2.89. The molecule has 0 bridgehead atoms. The first-order chi connectivity index (χ1) is 16.9. The van der Waals surface area contributed by atoms with E-state index in [-0.39, 0.29) is 35.3 Å². The molecule has 184 valence electrons. The lowest BCUT2D eigenvalue weighted by Crippen LogP contribution is -2.48. The van der Waals surface area contributed by atoms with Gasteiger partial charge in [0, 0.05) is 37.8 Å². The van der Waals surface area contributed by atoms with Gasteiger partial charge in [-0.2, -0.15) is 4.31 Å². The number of carbonyl (C=O) groups excluding carboxylic acids is 3. The van der Waals surface area contributed by atoms with Gasteiger partial charge in [0.2, 0.25) is 10.0 Å². The third kappa shape index (κ3) is 4.43. The Bertz CT molecular complexity index is 1220. The van der Waals surface area contributed by atoms with E-state index in [0.29, 0.717) is 50.3 Å². The van der Waals surface area contributed by atoms with Gasteiger partial charge in [-0.25, -0.2) is 18.1 Å². The van der Waals surface area contributed by atoms with Crippen LogP contribution in [0.5, 0.6) is 0 Å². The average Bonchev–Trinajstić information content (AvgIpc) is 3.53. The van der Waals surface area contributed by atoms with Crippen LogP contribution in [0.15, 0.2) is 59.5 Å². The van der Waals surface area contributed by atoms with Gasteiger partial charge >= 0.3 is 6.03 Å². The first kappa shape index (κ1) is 23.5. The van der Waals surface area contributed by atoms with Crippen molar-refractivity contribution in [2.75, 3.05) is 37.6 Å². The summed E-state index contributed by atoms with van der Waals surface area (Å²) >= 11 is 0. The smallest absolute Gasteiger partial charge is 0.332 e. The van der Waals surface area contributed by atoms with Gasteiger partial charge in [-0.05, 0) is 62.1 Å². The van der Waals surface area contributed by atoms with Crippen LogP contribution < -0.4 is 4.90 Å². The number of urea groups is 1. The number of anilines is 1. The number of benzene rings is 2. The third-order valence-corrected chi connectivity index (χ3v) is 8.92. The standard InChI is InChI=1S/C25H28N4O5S/c30-23-18-28(25(32)29(23)21-6-2-1-3-7-21)20-12-16-26(17-13-20)24(31)19-8-10-22(11-9-19)35(33,34)27-14-4-5-15-27/h1-3,6-11,20H,4-5,12-18H2. The maximum atomic E-state index is 13.0. The van der Waals surface area contributed by atoms with Crippen LogP contribution in [-0.2, 0) is 14.8 Å². The number of amides is 4. The van der Waals surface area contributed by atoms with Crippen LogP contribution in [0.2, 0.25) is 0 Å². The topological polar surface area (TPSA) is 98.3 Å². The summed E-state index contributed by atoms with van der Waals surface area (Å²) in [4.78, 5) is 43.3. The molecule has 2 aromatic carbocycles. The molecule has 0 aromatic heterocycles. The molecule has 0 aliphatic carbocycles. The van der Waals surface area contributed by atoms with Gasteiger partial charge in [0.05, 0.1) is 10.6 Å². The van der Waals surface area contributed by atoms with E-state index in [4.69, 9.17) is 0 Å². The zero-order valence-electron chi connectivity index (χ0n) is 19.4. The fraction of sp³-hybridized carbons (Fsp3) is 0.400. The molecule has 0 atom stereocenters. The molecular formula is C25H28N4O5S. The Hall–Kier alpha value is -3.24. The lowest BCUT2D eigenvalue weighted by Gasteiger charge is -2.36. The Kier molecular flexibility index (Phi) is 6.33. The Balaban J connectivity index is 1.20. The first-order valence-corrected chi connectivity index (χ1v) is 13.4. The maximum absolute atomic E-state index is 13.0. The number of likely N-dealkylation sites (tertiary alicyclic amines) is 1. The summed E-state index contributed by atoms with van der Waals surface area (Å²) in [6, 6.07) is 14.6. The number of sulfonamides is 1. The van der Waals surface area contributed by atoms with Crippen molar-refractivity contribution < 1.29 is 22.8 Å². The zero-order chi connectivity index (χ0) is 24.6. The van der Waals surface area contributed by atoms with Gasteiger partial charge in [-0.1, -0.05) is 18.2 Å². The van der Waals surface area contributed by atoms with Crippen LogP contribution >= 0.6 is 0 Å². The highest BCUT2D eigenvalue weighted by atomic mass is 32.2. The van der Waals surface area contributed by atoms with Gasteiger partial charge in [0.1, 0.15) is 6.54 Å². The van der Waals surface area contributed by atoms with Crippen molar-refractivity contribution in [3.63, 3.8) is 0 Å². The molecule has 0 radical (unpaired) electrons. The zero-order valence-corrected chi connectivity index (χ0v) is 20.2. The number of hydrogen-bond acceptors (Lipinski definition) is 5. The molecule has 4 amide bonds. The van der Waals surface area contributed by atoms with Gasteiger partial charge in [0.25, 0.3) is 11.8 Å². The highest BCUT2D eigenvalue weighted by molar-refractivity contribution is 7.89. The molecule has 3 aliphatic rings. The fourth-order valence-corrected chi connectivity index (χ4v) is 6.56. The Labute approximate surface area is 204 Å². The van der Waals surface area contributed by atoms with Crippen molar-refractivity contribution >= 4 is 33.6 Å². The molecule has 3 fully saturated rings. The molecular weight excluding hydrogens is 468 g/mol. The van der Waals surface area contributed by atoms with Crippen LogP contribution in [0.4, 0.5) is 10.5 Å². The molecule has 3 aliphatic heterocycles. The normalized spacial score (nSPS) is 20.2. The number of piperidine rings is 1. The largest absolute Gasteiger partial charge is 0.338 e. The van der Waals surface area contributed by atoms with Crippen LogP contribution in [0.1, 0.15) is 36.0 Å². The highest BCUT2D eigenvalue weighted by Crippen LogP contribution is 2.27. The second kappa shape index (κ2) is 9.43. The van der Waals surface area contributed by atoms with Crippen molar-refractivity contribution in [3.8, 4) is 0 Å². The Morgan fingerprint density at radius 1 is 0.829 bits per heavy atom. The van der Waals surface area contributed by atoms with Crippen molar-refractivity contribution in [1.82, 2.24) is 14.1 Å². The second-order valence-corrected chi connectivity index (χ2v) is 11.1. The molecule has 0 spiro atoms. The maximum Gasteiger partial charge on any atom is 0.332 e. The molecule has 0 unspecified atom stereocenters. The van der Waals surface area contributed by atoms with E-state index in [1.165, 1.54) is 21.3 Å². The summed E-state index contributed by atoms with van der Waals surface area (Å²) in [7, 11) is -3.52. The predicted molar refractivity (Wildman–Crippen MR) is 129 cm³/mol. The summed E-state index contributed by atoms with van der Waals surface area (Å²) in [5.74, 6) is -0.410. The lowest BCUT2D eigenvalue weighted by atomic mass is 10.0. The van der Waals surface area contributed by atoms with Crippen LogP contribution in [-0.4, -0.2) is 79.1 Å². The minimum Gasteiger partial charge on any atom is -0.338 e. The molecule has 10 heteroatoms.